The molecule has 0 saturated heterocycles. The average Bonchev–Trinajstić information content (AvgIpc) is 3.01. The second kappa shape index (κ2) is 5.58. The number of benzene rings is 2. The van der Waals surface area contributed by atoms with Crippen LogP contribution in [0.25, 0.3) is 44.2 Å². The maximum Gasteiger partial charge on any atom is 0.232 e. The highest BCUT2D eigenvalue weighted by Gasteiger charge is 2.23. The number of hydrogen-bond donors (Lipinski definition) is 0. The molecule has 3 heterocycles. The van der Waals surface area contributed by atoms with Crippen LogP contribution in [0.3, 0.4) is 0 Å². The first-order valence-electron chi connectivity index (χ1n) is 8.60. The van der Waals surface area contributed by atoms with E-state index in [0.29, 0.717) is 11.0 Å². The van der Waals surface area contributed by atoms with Crippen LogP contribution in [-0.4, -0.2) is 4.98 Å². The standard InChI is InChI=1S/C22H15F2N2O/c1-12-7-9-14-20-15(23)11-18(24)25-22(20)27-21(14)19(12)17-10-8-13-5-3-4-6-16(13)26(17)2/h3-11H,1-2H3/q+1. The van der Waals surface area contributed by atoms with Crippen LogP contribution in [0.5, 0.6) is 0 Å². The van der Waals surface area contributed by atoms with Gasteiger partial charge in [0.25, 0.3) is 0 Å². The maximum absolute atomic E-state index is 14.4. The van der Waals surface area contributed by atoms with E-state index in [9.17, 15) is 8.78 Å². The Bertz CT molecular complexity index is 1370. The van der Waals surface area contributed by atoms with E-state index in [1.807, 2.05) is 50.4 Å². The minimum atomic E-state index is -0.895. The molecule has 132 valence electrons. The van der Waals surface area contributed by atoms with Crippen molar-refractivity contribution >= 4 is 33.0 Å². The number of fused-ring (bicyclic) bond motifs is 4. The number of halogens is 2. The van der Waals surface area contributed by atoms with E-state index in [4.69, 9.17) is 4.42 Å². The molecule has 5 heteroatoms. The largest absolute Gasteiger partial charge is 0.437 e. The topological polar surface area (TPSA) is 29.9 Å². The molecule has 5 aromatic rings. The van der Waals surface area contributed by atoms with Gasteiger partial charge in [0, 0.05) is 29.0 Å². The van der Waals surface area contributed by atoms with Crippen molar-refractivity contribution in [3.63, 3.8) is 0 Å². The molecule has 0 aliphatic rings. The number of para-hydroxylation sites is 1. The zero-order chi connectivity index (χ0) is 18.7. The number of furan rings is 1. The SMILES string of the molecule is Cc1ccc2c(oc3nc(F)cc(F)c32)c1-c1ccc2ccccc2[n+]1C. The van der Waals surface area contributed by atoms with E-state index in [2.05, 4.69) is 15.6 Å². The molecule has 0 saturated carbocycles. The number of hydrogen-bond acceptors (Lipinski definition) is 2. The summed E-state index contributed by atoms with van der Waals surface area (Å²) in [6.45, 7) is 1.97. The van der Waals surface area contributed by atoms with Crippen molar-refractivity contribution in [2.24, 2.45) is 7.05 Å². The third-order valence-electron chi connectivity index (χ3n) is 5.08. The van der Waals surface area contributed by atoms with Crippen molar-refractivity contribution < 1.29 is 17.8 Å². The van der Waals surface area contributed by atoms with Gasteiger partial charge in [0.1, 0.15) is 12.9 Å². The van der Waals surface area contributed by atoms with Crippen LogP contribution in [0.2, 0.25) is 0 Å². The first-order valence-corrected chi connectivity index (χ1v) is 8.60. The van der Waals surface area contributed by atoms with Crippen LogP contribution in [0.1, 0.15) is 5.56 Å². The van der Waals surface area contributed by atoms with Crippen molar-refractivity contribution in [2.45, 2.75) is 6.92 Å². The molecule has 0 N–H and O–H groups in total. The normalized spacial score (nSPS) is 11.7. The van der Waals surface area contributed by atoms with Crippen molar-refractivity contribution in [3.8, 4) is 11.3 Å². The van der Waals surface area contributed by atoms with Gasteiger partial charge in [-0.05, 0) is 24.6 Å². The Morgan fingerprint density at radius 3 is 2.67 bits per heavy atom. The summed E-state index contributed by atoms with van der Waals surface area (Å²) < 4.78 is 35.9. The molecule has 0 amide bonds. The number of aromatic nitrogens is 2. The summed E-state index contributed by atoms with van der Waals surface area (Å²) in [4.78, 5) is 3.73. The summed E-state index contributed by atoms with van der Waals surface area (Å²) in [5.41, 5.74) is 4.30. The summed E-state index contributed by atoms with van der Waals surface area (Å²) in [7, 11) is 1.98. The molecule has 5 rings (SSSR count). The fraction of sp³-hybridized carbons (Fsp3) is 0.0909. The van der Waals surface area contributed by atoms with Gasteiger partial charge >= 0.3 is 0 Å². The number of rotatable bonds is 1. The number of nitrogens with zero attached hydrogens (tertiary/aromatic N) is 2. The summed E-state index contributed by atoms with van der Waals surface area (Å²) in [5.74, 6) is -1.57. The molecule has 0 bridgehead atoms. The van der Waals surface area contributed by atoms with Crippen molar-refractivity contribution in [3.05, 3.63) is 71.9 Å². The van der Waals surface area contributed by atoms with Gasteiger partial charge in [-0.25, -0.2) is 4.39 Å². The zero-order valence-electron chi connectivity index (χ0n) is 14.8. The van der Waals surface area contributed by atoms with Crippen LogP contribution in [0.4, 0.5) is 8.78 Å². The van der Waals surface area contributed by atoms with E-state index in [0.717, 1.165) is 33.8 Å². The van der Waals surface area contributed by atoms with E-state index < -0.39 is 11.8 Å². The molecule has 0 radical (unpaired) electrons. The molecule has 0 atom stereocenters. The van der Waals surface area contributed by atoms with Gasteiger partial charge in [-0.3, -0.25) is 0 Å². The lowest BCUT2D eigenvalue weighted by atomic mass is 10.00. The summed E-state index contributed by atoms with van der Waals surface area (Å²) in [6, 6.07) is 16.6. The van der Waals surface area contributed by atoms with Crippen LogP contribution < -0.4 is 4.57 Å². The second-order valence-electron chi connectivity index (χ2n) is 6.68. The van der Waals surface area contributed by atoms with Crippen LogP contribution in [-0.2, 0) is 7.05 Å². The molecule has 0 spiro atoms. The number of pyridine rings is 2. The molecule has 27 heavy (non-hydrogen) atoms. The van der Waals surface area contributed by atoms with Gasteiger partial charge in [0.2, 0.25) is 22.9 Å². The molecule has 0 fully saturated rings. The van der Waals surface area contributed by atoms with Crippen LogP contribution in [0.15, 0.2) is 59.0 Å². The molecule has 0 aliphatic heterocycles. The highest BCUT2D eigenvalue weighted by Crippen LogP contribution is 2.37. The Morgan fingerprint density at radius 1 is 1.00 bits per heavy atom. The molecule has 3 aromatic heterocycles. The van der Waals surface area contributed by atoms with E-state index in [1.165, 1.54) is 0 Å². The predicted molar refractivity (Wildman–Crippen MR) is 100 cm³/mol. The Labute approximate surface area is 153 Å². The minimum absolute atomic E-state index is 0.0298. The molecule has 2 aromatic carbocycles. The van der Waals surface area contributed by atoms with Crippen molar-refractivity contribution in [1.82, 2.24) is 4.98 Å². The lowest BCUT2D eigenvalue weighted by Gasteiger charge is -2.07. The molecule has 3 nitrogen and oxygen atoms in total. The van der Waals surface area contributed by atoms with E-state index >= 15 is 0 Å². The highest BCUT2D eigenvalue weighted by molar-refractivity contribution is 6.09. The average molecular weight is 361 g/mol. The fourth-order valence-corrected chi connectivity index (χ4v) is 3.78. The van der Waals surface area contributed by atoms with E-state index in [1.54, 1.807) is 6.07 Å². The maximum atomic E-state index is 14.4. The lowest BCUT2D eigenvalue weighted by molar-refractivity contribution is -0.633. The van der Waals surface area contributed by atoms with Crippen molar-refractivity contribution in [1.29, 1.82) is 0 Å². The second-order valence-corrected chi connectivity index (χ2v) is 6.68. The lowest BCUT2D eigenvalue weighted by Crippen LogP contribution is -2.32. The third-order valence-corrected chi connectivity index (χ3v) is 5.08. The van der Waals surface area contributed by atoms with Gasteiger partial charge in [0.05, 0.1) is 10.9 Å². The van der Waals surface area contributed by atoms with E-state index in [-0.39, 0.29) is 11.1 Å². The molecular formula is C22H15F2N2O+. The van der Waals surface area contributed by atoms with Gasteiger partial charge in [-0.2, -0.15) is 13.9 Å². The predicted octanol–water partition coefficient (Wildman–Crippen LogP) is 5.21. The highest BCUT2D eigenvalue weighted by atomic mass is 19.1. The Kier molecular flexibility index (Phi) is 3.28. The van der Waals surface area contributed by atoms with Crippen molar-refractivity contribution in [2.75, 3.05) is 0 Å². The minimum Gasteiger partial charge on any atom is -0.437 e. The van der Waals surface area contributed by atoms with Gasteiger partial charge in [0.15, 0.2) is 5.58 Å². The summed E-state index contributed by atoms with van der Waals surface area (Å²) >= 11 is 0. The first kappa shape index (κ1) is 15.9. The van der Waals surface area contributed by atoms with Crippen LogP contribution >= 0.6 is 0 Å². The van der Waals surface area contributed by atoms with Gasteiger partial charge in [-0.15, -0.1) is 0 Å². The Balaban J connectivity index is 1.92. The summed E-state index contributed by atoms with van der Waals surface area (Å²) in [6.07, 6.45) is 0. The first-order chi connectivity index (χ1) is 13.0. The number of aryl methyl sites for hydroxylation is 2. The monoisotopic (exact) mass is 361 g/mol. The van der Waals surface area contributed by atoms with Crippen LogP contribution in [0, 0.1) is 18.7 Å². The molecule has 0 unspecified atom stereocenters. The zero-order valence-corrected chi connectivity index (χ0v) is 14.8. The molecule has 0 aliphatic carbocycles. The smallest absolute Gasteiger partial charge is 0.232 e. The fourth-order valence-electron chi connectivity index (χ4n) is 3.78. The van der Waals surface area contributed by atoms with Gasteiger partial charge in [-0.1, -0.05) is 24.3 Å². The third kappa shape index (κ3) is 2.24. The Morgan fingerprint density at radius 2 is 1.81 bits per heavy atom. The molecular weight excluding hydrogens is 346 g/mol. The quantitative estimate of drug-likeness (QED) is 0.303. The summed E-state index contributed by atoms with van der Waals surface area (Å²) in [5, 5.41) is 1.91. The van der Waals surface area contributed by atoms with Gasteiger partial charge < -0.3 is 4.42 Å². The Hall–Kier alpha value is -3.34.